The van der Waals surface area contributed by atoms with E-state index in [-0.39, 0.29) is 5.41 Å². The van der Waals surface area contributed by atoms with E-state index in [2.05, 4.69) is 36.7 Å². The van der Waals surface area contributed by atoms with Gasteiger partial charge < -0.3 is 11.1 Å². The van der Waals surface area contributed by atoms with E-state index >= 15 is 0 Å². The molecule has 2 rings (SSSR count). The van der Waals surface area contributed by atoms with E-state index in [1.165, 1.54) is 4.88 Å². The lowest BCUT2D eigenvalue weighted by atomic mass is 9.91. The molecular formula is C14H18N2S. The maximum atomic E-state index is 5.66. The van der Waals surface area contributed by atoms with E-state index < -0.39 is 0 Å². The van der Waals surface area contributed by atoms with Crippen molar-refractivity contribution in [1.29, 1.82) is 0 Å². The van der Waals surface area contributed by atoms with Crippen molar-refractivity contribution >= 4 is 22.7 Å². The lowest BCUT2D eigenvalue weighted by Gasteiger charge is -2.24. The Hall–Kier alpha value is -1.48. The molecule has 0 aliphatic rings. The molecule has 17 heavy (non-hydrogen) atoms. The Labute approximate surface area is 106 Å². The molecule has 0 unspecified atom stereocenters. The Morgan fingerprint density at radius 3 is 2.47 bits per heavy atom. The molecule has 0 fully saturated rings. The van der Waals surface area contributed by atoms with E-state index in [9.17, 15) is 0 Å². The SMILES string of the molecule is CC(C)(CNc1ccc(N)cc1)c1cccs1. The van der Waals surface area contributed by atoms with Crippen molar-refractivity contribution in [2.24, 2.45) is 0 Å². The van der Waals surface area contributed by atoms with Gasteiger partial charge in [0.05, 0.1) is 0 Å². The predicted octanol–water partition coefficient (Wildman–Crippen LogP) is 3.72. The molecule has 0 saturated carbocycles. The highest BCUT2D eigenvalue weighted by Gasteiger charge is 2.21. The van der Waals surface area contributed by atoms with Gasteiger partial charge in [-0.1, -0.05) is 19.9 Å². The normalized spacial score (nSPS) is 11.4. The minimum atomic E-state index is 0.148. The van der Waals surface area contributed by atoms with Crippen molar-refractivity contribution in [3.05, 3.63) is 46.7 Å². The number of nitrogen functional groups attached to an aromatic ring is 1. The van der Waals surface area contributed by atoms with Crippen LogP contribution in [0.25, 0.3) is 0 Å². The fourth-order valence-electron chi connectivity index (χ4n) is 1.67. The fraction of sp³-hybridized carbons (Fsp3) is 0.286. The van der Waals surface area contributed by atoms with Gasteiger partial charge in [0, 0.05) is 28.2 Å². The quantitative estimate of drug-likeness (QED) is 0.807. The number of nitrogens with two attached hydrogens (primary N) is 1. The maximum absolute atomic E-state index is 5.66. The molecule has 0 saturated heterocycles. The number of anilines is 2. The molecule has 0 amide bonds. The number of nitrogens with one attached hydrogen (secondary N) is 1. The van der Waals surface area contributed by atoms with E-state index in [1.807, 2.05) is 35.6 Å². The lowest BCUT2D eigenvalue weighted by Crippen LogP contribution is -2.26. The van der Waals surface area contributed by atoms with Crippen LogP contribution in [0, 0.1) is 0 Å². The minimum absolute atomic E-state index is 0.148. The zero-order valence-electron chi connectivity index (χ0n) is 10.2. The molecule has 0 aliphatic carbocycles. The van der Waals surface area contributed by atoms with E-state index in [4.69, 9.17) is 5.73 Å². The predicted molar refractivity (Wildman–Crippen MR) is 76.7 cm³/mol. The van der Waals surface area contributed by atoms with Crippen LogP contribution in [0.5, 0.6) is 0 Å². The summed E-state index contributed by atoms with van der Waals surface area (Å²) in [6, 6.07) is 12.2. The van der Waals surface area contributed by atoms with Crippen LogP contribution in [-0.4, -0.2) is 6.54 Å². The Morgan fingerprint density at radius 2 is 1.88 bits per heavy atom. The molecule has 90 valence electrons. The van der Waals surface area contributed by atoms with Gasteiger partial charge in [-0.05, 0) is 35.7 Å². The van der Waals surface area contributed by atoms with Crippen molar-refractivity contribution in [3.63, 3.8) is 0 Å². The Kier molecular flexibility index (Phi) is 3.38. The van der Waals surface area contributed by atoms with Gasteiger partial charge >= 0.3 is 0 Å². The summed E-state index contributed by atoms with van der Waals surface area (Å²) in [5, 5.41) is 5.58. The highest BCUT2D eigenvalue weighted by molar-refractivity contribution is 7.10. The number of hydrogen-bond acceptors (Lipinski definition) is 3. The van der Waals surface area contributed by atoms with Crippen LogP contribution in [0.3, 0.4) is 0 Å². The molecule has 3 N–H and O–H groups in total. The van der Waals surface area contributed by atoms with Crippen molar-refractivity contribution in [1.82, 2.24) is 0 Å². The fourth-order valence-corrected chi connectivity index (χ4v) is 2.53. The molecule has 0 atom stereocenters. The average molecular weight is 246 g/mol. The molecule has 0 aliphatic heterocycles. The molecule has 2 nitrogen and oxygen atoms in total. The second-order valence-corrected chi connectivity index (χ2v) is 5.78. The van der Waals surface area contributed by atoms with Gasteiger partial charge in [0.15, 0.2) is 0 Å². The Morgan fingerprint density at radius 1 is 1.18 bits per heavy atom. The van der Waals surface area contributed by atoms with E-state index in [0.717, 1.165) is 17.9 Å². The lowest BCUT2D eigenvalue weighted by molar-refractivity contribution is 0.569. The van der Waals surface area contributed by atoms with E-state index in [1.54, 1.807) is 0 Å². The minimum Gasteiger partial charge on any atom is -0.399 e. The first kappa shape index (κ1) is 12.0. The van der Waals surface area contributed by atoms with Gasteiger partial charge in [0.2, 0.25) is 0 Å². The van der Waals surface area contributed by atoms with Crippen LogP contribution in [-0.2, 0) is 5.41 Å². The van der Waals surface area contributed by atoms with Gasteiger partial charge in [-0.15, -0.1) is 11.3 Å². The van der Waals surface area contributed by atoms with Crippen molar-refractivity contribution in [2.75, 3.05) is 17.6 Å². The van der Waals surface area contributed by atoms with E-state index in [0.29, 0.717) is 0 Å². The first-order valence-electron chi connectivity index (χ1n) is 5.71. The van der Waals surface area contributed by atoms with Crippen molar-refractivity contribution < 1.29 is 0 Å². The van der Waals surface area contributed by atoms with Crippen LogP contribution < -0.4 is 11.1 Å². The molecular weight excluding hydrogens is 228 g/mol. The summed E-state index contributed by atoms with van der Waals surface area (Å²) in [7, 11) is 0. The third kappa shape index (κ3) is 3.01. The van der Waals surface area contributed by atoms with Gasteiger partial charge in [-0.3, -0.25) is 0 Å². The Balaban J connectivity index is 2.00. The Bertz CT molecular complexity index is 457. The smallest absolute Gasteiger partial charge is 0.0341 e. The van der Waals surface area contributed by atoms with Crippen molar-refractivity contribution in [2.45, 2.75) is 19.3 Å². The first-order chi connectivity index (χ1) is 8.08. The summed E-state index contributed by atoms with van der Waals surface area (Å²) < 4.78 is 0. The molecule has 1 aromatic heterocycles. The second kappa shape index (κ2) is 4.80. The van der Waals surface area contributed by atoms with Crippen LogP contribution >= 0.6 is 11.3 Å². The van der Waals surface area contributed by atoms with Gasteiger partial charge in [0.1, 0.15) is 0 Å². The number of rotatable bonds is 4. The van der Waals surface area contributed by atoms with Gasteiger partial charge in [0.25, 0.3) is 0 Å². The standard InChI is InChI=1S/C14H18N2S/c1-14(2,13-4-3-9-17-13)10-16-12-7-5-11(15)6-8-12/h3-9,16H,10,15H2,1-2H3. The number of hydrogen-bond donors (Lipinski definition) is 2. The number of thiophene rings is 1. The molecule has 1 aromatic carbocycles. The highest BCUT2D eigenvalue weighted by atomic mass is 32.1. The summed E-state index contributed by atoms with van der Waals surface area (Å²) >= 11 is 1.81. The molecule has 2 aromatic rings. The maximum Gasteiger partial charge on any atom is 0.0341 e. The van der Waals surface area contributed by atoms with Crippen LogP contribution in [0.1, 0.15) is 18.7 Å². The molecule has 0 spiro atoms. The highest BCUT2D eigenvalue weighted by Crippen LogP contribution is 2.27. The largest absolute Gasteiger partial charge is 0.399 e. The monoisotopic (exact) mass is 246 g/mol. The molecule has 0 radical (unpaired) electrons. The van der Waals surface area contributed by atoms with Gasteiger partial charge in [-0.25, -0.2) is 0 Å². The molecule has 1 heterocycles. The molecule has 3 heteroatoms. The molecule has 0 bridgehead atoms. The number of benzene rings is 1. The van der Waals surface area contributed by atoms with Gasteiger partial charge in [-0.2, -0.15) is 0 Å². The average Bonchev–Trinajstić information content (AvgIpc) is 2.82. The summed E-state index contributed by atoms with van der Waals surface area (Å²) in [5.41, 5.74) is 7.72. The summed E-state index contributed by atoms with van der Waals surface area (Å²) in [5.74, 6) is 0. The zero-order valence-corrected chi connectivity index (χ0v) is 11.1. The summed E-state index contributed by atoms with van der Waals surface area (Å²) in [6.07, 6.45) is 0. The van der Waals surface area contributed by atoms with Crippen LogP contribution in [0.15, 0.2) is 41.8 Å². The summed E-state index contributed by atoms with van der Waals surface area (Å²) in [6.45, 7) is 5.42. The van der Waals surface area contributed by atoms with Crippen molar-refractivity contribution in [3.8, 4) is 0 Å². The zero-order chi connectivity index (χ0) is 12.3. The van der Waals surface area contributed by atoms with Crippen LogP contribution in [0.2, 0.25) is 0 Å². The third-order valence-electron chi connectivity index (χ3n) is 2.83. The summed E-state index contributed by atoms with van der Waals surface area (Å²) in [4.78, 5) is 1.40. The van der Waals surface area contributed by atoms with Crippen LogP contribution in [0.4, 0.5) is 11.4 Å². The third-order valence-corrected chi connectivity index (χ3v) is 4.07. The topological polar surface area (TPSA) is 38.0 Å². The first-order valence-corrected chi connectivity index (χ1v) is 6.59. The second-order valence-electron chi connectivity index (χ2n) is 4.84.